The van der Waals surface area contributed by atoms with Crippen LogP contribution >= 0.6 is 0 Å². The van der Waals surface area contributed by atoms with E-state index in [0.29, 0.717) is 0 Å². The lowest BCUT2D eigenvalue weighted by Gasteiger charge is -2.07. The van der Waals surface area contributed by atoms with Crippen molar-refractivity contribution in [3.05, 3.63) is 22.3 Å². The molecule has 0 fully saturated rings. The molecule has 0 bridgehead atoms. The first kappa shape index (κ1) is 10.4. The van der Waals surface area contributed by atoms with Gasteiger partial charge in [0.1, 0.15) is 25.5 Å². The van der Waals surface area contributed by atoms with Crippen molar-refractivity contribution in [3.8, 4) is 12.1 Å². The van der Waals surface area contributed by atoms with Crippen LogP contribution in [0.1, 0.15) is 6.92 Å². The highest BCUT2D eigenvalue weighted by Gasteiger charge is 2.30. The van der Waals surface area contributed by atoms with Crippen LogP contribution < -0.4 is 0 Å². The summed E-state index contributed by atoms with van der Waals surface area (Å²) in [4.78, 5) is 0. The van der Waals surface area contributed by atoms with Crippen molar-refractivity contribution in [3.63, 3.8) is 0 Å². The molecule has 0 aromatic carbocycles. The molecule has 1 aliphatic rings. The highest BCUT2D eigenvalue weighted by atomic mass is 19.1. The fraction of sp³-hybridized carbons (Fsp3) is 0.400. The maximum atomic E-state index is 12.5. The molecule has 1 rings (SSSR count). The van der Waals surface area contributed by atoms with E-state index in [2.05, 4.69) is 0 Å². The zero-order valence-electron chi connectivity index (χ0n) is 7.64. The summed E-state index contributed by atoms with van der Waals surface area (Å²) >= 11 is 0. The van der Waals surface area contributed by atoms with Gasteiger partial charge in [0.2, 0.25) is 0 Å². The maximum absolute atomic E-state index is 12.5. The topological polar surface area (TPSA) is 47.6 Å². The smallest absolute Gasteiger partial charge is 0.113 e. The first-order valence-electron chi connectivity index (χ1n) is 4.09. The van der Waals surface area contributed by atoms with Gasteiger partial charge < -0.3 is 0 Å². The molecule has 72 valence electrons. The Labute approximate surface area is 80.8 Å². The van der Waals surface area contributed by atoms with Crippen molar-refractivity contribution < 1.29 is 8.78 Å². The number of nitrogens with zero attached hydrogens (tertiary/aromatic N) is 2. The summed E-state index contributed by atoms with van der Waals surface area (Å²) in [5.74, 6) is -0.464. The molecule has 0 amide bonds. The number of allylic oxidation sites excluding steroid dienone is 4. The summed E-state index contributed by atoms with van der Waals surface area (Å²) in [6.45, 7) is -0.0109. The second kappa shape index (κ2) is 4.02. The van der Waals surface area contributed by atoms with Gasteiger partial charge in [-0.25, -0.2) is 8.78 Å². The van der Waals surface area contributed by atoms with Crippen molar-refractivity contribution in [2.75, 3.05) is 13.3 Å². The van der Waals surface area contributed by atoms with Gasteiger partial charge >= 0.3 is 0 Å². The molecule has 0 atom stereocenters. The van der Waals surface area contributed by atoms with Gasteiger partial charge in [-0.05, 0) is 11.1 Å². The summed E-state index contributed by atoms with van der Waals surface area (Å²) in [5.41, 5.74) is 0.457. The lowest BCUT2D eigenvalue weighted by molar-refractivity contribution is 0.486. The van der Waals surface area contributed by atoms with Crippen LogP contribution in [0.3, 0.4) is 0 Å². The lowest BCUT2D eigenvalue weighted by atomic mass is 9.99. The normalized spacial score (nSPS) is 17.2. The molecule has 0 saturated carbocycles. The number of hydrogen-bond donors (Lipinski definition) is 0. The van der Waals surface area contributed by atoms with Gasteiger partial charge in [-0.2, -0.15) is 10.5 Å². The third-order valence-corrected chi connectivity index (χ3v) is 2.45. The van der Waals surface area contributed by atoms with Gasteiger partial charge in [0.25, 0.3) is 0 Å². The van der Waals surface area contributed by atoms with Crippen LogP contribution in [-0.4, -0.2) is 13.3 Å². The molecule has 0 N–H and O–H groups in total. The lowest BCUT2D eigenvalue weighted by Crippen LogP contribution is -2.02. The fourth-order valence-corrected chi connectivity index (χ4v) is 1.58. The molecule has 0 spiro atoms. The second-order valence-corrected chi connectivity index (χ2v) is 3.01. The molecule has 0 aromatic rings. The molecular weight excluding hydrogens is 186 g/mol. The third-order valence-electron chi connectivity index (χ3n) is 2.45. The minimum absolute atomic E-state index is 0.00940. The molecule has 0 saturated heterocycles. The standard InChI is InChI=1S/C10H8F2N2/c1-6-7(2-11)9(4-13)10(5-14)8(6)3-12/h6H,2-3H2,1H3. The maximum Gasteiger partial charge on any atom is 0.113 e. The molecule has 0 radical (unpaired) electrons. The van der Waals surface area contributed by atoms with Crippen molar-refractivity contribution in [2.24, 2.45) is 5.92 Å². The van der Waals surface area contributed by atoms with Gasteiger partial charge in [0.05, 0.1) is 11.1 Å². The molecule has 4 heteroatoms. The van der Waals surface area contributed by atoms with Gasteiger partial charge in [-0.1, -0.05) is 6.92 Å². The zero-order valence-corrected chi connectivity index (χ0v) is 7.64. The van der Waals surface area contributed by atoms with E-state index in [-0.39, 0.29) is 22.3 Å². The second-order valence-electron chi connectivity index (χ2n) is 3.01. The Bertz CT molecular complexity index is 355. The number of nitriles is 2. The summed E-state index contributed by atoms with van der Waals surface area (Å²) in [6.07, 6.45) is 0. The largest absolute Gasteiger partial charge is 0.246 e. The quantitative estimate of drug-likeness (QED) is 0.676. The molecule has 0 aliphatic heterocycles. The van der Waals surface area contributed by atoms with Gasteiger partial charge in [-0.3, -0.25) is 0 Å². The average Bonchev–Trinajstić information content (AvgIpc) is 2.48. The first-order chi connectivity index (χ1) is 6.71. The highest BCUT2D eigenvalue weighted by Crippen LogP contribution is 2.37. The number of hydrogen-bond acceptors (Lipinski definition) is 2. The van der Waals surface area contributed by atoms with Gasteiger partial charge in [0.15, 0.2) is 0 Å². The van der Waals surface area contributed by atoms with Crippen LogP contribution in [0.5, 0.6) is 0 Å². The Morgan fingerprint density at radius 2 is 1.43 bits per heavy atom. The average molecular weight is 194 g/mol. The minimum atomic E-state index is -0.807. The van der Waals surface area contributed by atoms with E-state index in [1.165, 1.54) is 0 Å². The molecule has 1 aliphatic carbocycles. The van der Waals surface area contributed by atoms with Crippen LogP contribution in [0.25, 0.3) is 0 Å². The number of rotatable bonds is 2. The Morgan fingerprint density at radius 3 is 1.64 bits per heavy atom. The van der Waals surface area contributed by atoms with E-state index in [1.807, 2.05) is 0 Å². The van der Waals surface area contributed by atoms with Crippen molar-refractivity contribution in [1.29, 1.82) is 10.5 Å². The molecule has 0 heterocycles. The van der Waals surface area contributed by atoms with Gasteiger partial charge in [0, 0.05) is 5.92 Å². The van der Waals surface area contributed by atoms with E-state index in [4.69, 9.17) is 10.5 Å². The number of alkyl halides is 2. The Kier molecular flexibility index (Phi) is 2.99. The molecule has 2 nitrogen and oxygen atoms in total. The van der Waals surface area contributed by atoms with Crippen molar-refractivity contribution in [1.82, 2.24) is 0 Å². The predicted molar refractivity (Wildman–Crippen MR) is 46.4 cm³/mol. The fourth-order valence-electron chi connectivity index (χ4n) is 1.58. The van der Waals surface area contributed by atoms with Crippen LogP contribution in [0.2, 0.25) is 0 Å². The van der Waals surface area contributed by atoms with Crippen molar-refractivity contribution in [2.45, 2.75) is 6.92 Å². The van der Waals surface area contributed by atoms with Crippen LogP contribution in [0.15, 0.2) is 22.3 Å². The van der Waals surface area contributed by atoms with E-state index in [9.17, 15) is 8.78 Å². The molecule has 0 aromatic heterocycles. The van der Waals surface area contributed by atoms with Crippen LogP contribution in [-0.2, 0) is 0 Å². The molecular formula is C10H8F2N2. The Hall–Kier alpha value is -1.68. The summed E-state index contributed by atoms with van der Waals surface area (Å²) in [7, 11) is 0. The third kappa shape index (κ3) is 1.29. The molecule has 14 heavy (non-hydrogen) atoms. The SMILES string of the molecule is CC1C(CF)=C(C#N)C(C#N)=C1CF. The van der Waals surface area contributed by atoms with E-state index in [1.54, 1.807) is 19.1 Å². The van der Waals surface area contributed by atoms with Gasteiger partial charge in [-0.15, -0.1) is 0 Å². The summed E-state index contributed by atoms with van der Waals surface area (Å²) in [5, 5.41) is 17.4. The van der Waals surface area contributed by atoms with E-state index in [0.717, 1.165) is 0 Å². The Balaban J connectivity index is 3.31. The van der Waals surface area contributed by atoms with Crippen LogP contribution in [0, 0.1) is 28.6 Å². The zero-order chi connectivity index (χ0) is 10.7. The van der Waals surface area contributed by atoms with Crippen LogP contribution in [0.4, 0.5) is 8.78 Å². The first-order valence-corrected chi connectivity index (χ1v) is 4.09. The number of halogens is 2. The molecule has 0 unspecified atom stereocenters. The van der Waals surface area contributed by atoms with E-state index < -0.39 is 19.3 Å². The van der Waals surface area contributed by atoms with E-state index >= 15 is 0 Å². The summed E-state index contributed by atoms with van der Waals surface area (Å²) in [6, 6.07) is 3.51. The monoisotopic (exact) mass is 194 g/mol. The van der Waals surface area contributed by atoms with Crippen molar-refractivity contribution >= 4 is 0 Å². The minimum Gasteiger partial charge on any atom is -0.246 e. The Morgan fingerprint density at radius 1 is 1.07 bits per heavy atom. The summed E-state index contributed by atoms with van der Waals surface area (Å²) < 4.78 is 25.1. The highest BCUT2D eigenvalue weighted by molar-refractivity contribution is 5.62. The predicted octanol–water partition coefficient (Wildman–Crippen LogP) is 2.22.